The zero-order valence-electron chi connectivity index (χ0n) is 29.9. The average Bonchev–Trinajstić information content (AvgIpc) is 3.29. The highest BCUT2D eigenvalue weighted by atomic mass is 16.6. The summed E-state index contributed by atoms with van der Waals surface area (Å²) in [6, 6.07) is 10.8. The van der Waals surface area contributed by atoms with Gasteiger partial charge in [0.25, 0.3) is 5.91 Å². The van der Waals surface area contributed by atoms with E-state index in [4.69, 9.17) is 9.84 Å². The topological polar surface area (TPSA) is 181 Å². The molecule has 5 heterocycles. The Kier molecular flexibility index (Phi) is 11.2. The van der Waals surface area contributed by atoms with Crippen LogP contribution in [0.15, 0.2) is 36.4 Å². The molecule has 0 bridgehead atoms. The lowest BCUT2D eigenvalue weighted by molar-refractivity contribution is -1.02. The van der Waals surface area contributed by atoms with E-state index in [2.05, 4.69) is 5.32 Å². The minimum atomic E-state index is -1.22. The third-order valence-corrected chi connectivity index (χ3v) is 11.4. The van der Waals surface area contributed by atoms with Gasteiger partial charge in [-0.2, -0.15) is 0 Å². The molecular formula is C38H50N5O9+. The first kappa shape index (κ1) is 36.9. The number of phenols is 1. The first-order valence-corrected chi connectivity index (χ1v) is 18.4. The van der Waals surface area contributed by atoms with Gasteiger partial charge < -0.3 is 45.0 Å². The van der Waals surface area contributed by atoms with Crippen molar-refractivity contribution in [2.45, 2.75) is 102 Å². The molecule has 4 fully saturated rings. The summed E-state index contributed by atoms with van der Waals surface area (Å²) < 4.78 is 5.86. The van der Waals surface area contributed by atoms with Crippen LogP contribution < -0.4 is 10.2 Å². The van der Waals surface area contributed by atoms with E-state index in [0.29, 0.717) is 74.5 Å². The van der Waals surface area contributed by atoms with Crippen LogP contribution >= 0.6 is 0 Å². The van der Waals surface area contributed by atoms with Gasteiger partial charge in [0, 0.05) is 50.7 Å². The third kappa shape index (κ3) is 7.96. The number of benzene rings is 2. The maximum atomic E-state index is 13.8. The molecular weight excluding hydrogens is 670 g/mol. The highest BCUT2D eigenvalue weighted by Gasteiger charge is 2.53. The number of quaternary nitrogens is 1. The summed E-state index contributed by atoms with van der Waals surface area (Å²) in [5, 5.41) is 31.5. The Morgan fingerprint density at radius 3 is 2.25 bits per heavy atom. The molecule has 4 amide bonds. The number of aromatic hydroxyl groups is 1. The van der Waals surface area contributed by atoms with E-state index in [1.807, 2.05) is 29.2 Å². The molecule has 14 nitrogen and oxygen atoms in total. The summed E-state index contributed by atoms with van der Waals surface area (Å²) in [7, 11) is 0. The second-order valence-corrected chi connectivity index (χ2v) is 14.7. The fourth-order valence-electron chi connectivity index (χ4n) is 8.27. The molecule has 5 aliphatic heterocycles. The van der Waals surface area contributed by atoms with Crippen LogP contribution in [0.5, 0.6) is 5.75 Å². The lowest BCUT2D eigenvalue weighted by Crippen LogP contribution is -3.32. The molecule has 7 rings (SSSR count). The molecule has 5 N–H and O–H groups in total. The number of carboxylic acids is 2. The number of nitrogens with one attached hydrogen (secondary N) is 2. The largest absolute Gasteiger partial charge is 0.507 e. The highest BCUT2D eigenvalue weighted by molar-refractivity contribution is 5.91. The van der Waals surface area contributed by atoms with Crippen LogP contribution in [-0.4, -0.2) is 123 Å². The van der Waals surface area contributed by atoms with Crippen LogP contribution in [0.1, 0.15) is 67.2 Å². The van der Waals surface area contributed by atoms with Gasteiger partial charge in [-0.05, 0) is 80.7 Å². The zero-order valence-corrected chi connectivity index (χ0v) is 29.9. The molecule has 0 spiro atoms. The van der Waals surface area contributed by atoms with Crippen LogP contribution in [0.4, 0.5) is 15.3 Å². The van der Waals surface area contributed by atoms with Crippen LogP contribution in [0.3, 0.4) is 0 Å². The molecule has 5 atom stereocenters. The van der Waals surface area contributed by atoms with Gasteiger partial charge in [-0.3, -0.25) is 4.79 Å². The van der Waals surface area contributed by atoms with Crippen LogP contribution in [-0.2, 0) is 32.0 Å². The van der Waals surface area contributed by atoms with Crippen LogP contribution in [0.2, 0.25) is 0 Å². The van der Waals surface area contributed by atoms with Gasteiger partial charge in [-0.1, -0.05) is 30.3 Å². The number of carbonyl (C=O) groups is 5. The number of phenolic OH excluding ortho intramolecular Hbond substituents is 1. The van der Waals surface area contributed by atoms with Crippen molar-refractivity contribution in [1.29, 1.82) is 0 Å². The van der Waals surface area contributed by atoms with E-state index in [1.54, 1.807) is 30.9 Å². The molecule has 52 heavy (non-hydrogen) atoms. The minimum absolute atomic E-state index is 0.0385. The Balaban J connectivity index is 0.000000444. The SMILES string of the molecule is Cc1cc(C[C@@H](OC(=O)N2CCC(N3CCc4ccccc4NC3=O)CC2)C(=O)N2CCCCC2C(=O)O)cc(C)c1O.O=C(O)C1CC2CC[NH+]21. The van der Waals surface area contributed by atoms with Crippen molar-refractivity contribution in [2.75, 3.05) is 38.0 Å². The standard InChI is InChI=1S/C32H40N4O7.C6H9NO2/c1-20-17-22(18-21(2)28(20)37)19-27(29(38)36-13-6-5-9-26(36)30(39)40)43-32(42)34-14-11-24(12-15-34)35-16-10-23-7-3-4-8-25(23)33-31(35)41;8-6(9)5-3-4-1-2-7(4)5/h3-4,7-8,17-18,24,26-27,37H,5-6,9-16,19H2,1-2H3,(H,33,41)(H,39,40);4-5H,1-3H2,(H,8,9)/p+1/t26?,27-;/m1./s1. The van der Waals surface area contributed by atoms with E-state index >= 15 is 0 Å². The highest BCUT2D eigenvalue weighted by Crippen LogP contribution is 2.28. The smallest absolute Gasteiger partial charge is 0.410 e. The number of aryl methyl sites for hydroxylation is 2. The number of amides is 4. The molecule has 0 radical (unpaired) electrons. The van der Waals surface area contributed by atoms with Crippen LogP contribution in [0.25, 0.3) is 0 Å². The number of piperidine rings is 3. The maximum absolute atomic E-state index is 13.8. The van der Waals surface area contributed by atoms with Crippen molar-refractivity contribution >= 4 is 35.7 Å². The number of fused-ring (bicyclic) bond motifs is 2. The van der Waals surface area contributed by atoms with E-state index in [1.165, 1.54) is 16.2 Å². The number of ether oxygens (including phenoxy) is 1. The summed E-state index contributed by atoms with van der Waals surface area (Å²) in [6.45, 7) is 6.19. The van der Waals surface area contributed by atoms with E-state index < -0.39 is 36.1 Å². The summed E-state index contributed by atoms with van der Waals surface area (Å²) >= 11 is 0. The lowest BCUT2D eigenvalue weighted by Gasteiger charge is -2.49. The number of aliphatic carboxylic acids is 2. The van der Waals surface area contributed by atoms with Crippen molar-refractivity contribution in [2.24, 2.45) is 0 Å². The van der Waals surface area contributed by atoms with Crippen molar-refractivity contribution in [3.63, 3.8) is 0 Å². The van der Waals surface area contributed by atoms with Crippen molar-refractivity contribution in [1.82, 2.24) is 14.7 Å². The summed E-state index contributed by atoms with van der Waals surface area (Å²) in [4.78, 5) is 68.5. The number of hydrogen-bond donors (Lipinski definition) is 5. The number of carbonyl (C=O) groups excluding carboxylic acids is 3. The molecule has 5 aliphatic rings. The Morgan fingerprint density at radius 2 is 1.65 bits per heavy atom. The van der Waals surface area contributed by atoms with E-state index in [9.17, 15) is 34.2 Å². The number of hydrogen-bond acceptors (Lipinski definition) is 7. The number of para-hydroxylation sites is 1. The Hall–Kier alpha value is -4.85. The Bertz CT molecular complexity index is 1670. The van der Waals surface area contributed by atoms with Crippen molar-refractivity contribution < 1.29 is 48.9 Å². The number of nitrogens with zero attached hydrogens (tertiary/aromatic N) is 3. The third-order valence-electron chi connectivity index (χ3n) is 11.4. The van der Waals surface area contributed by atoms with E-state index in [-0.39, 0.29) is 36.8 Å². The van der Waals surface area contributed by atoms with Gasteiger partial charge in [0.2, 0.25) is 0 Å². The first-order valence-electron chi connectivity index (χ1n) is 18.4. The van der Waals surface area contributed by atoms with Gasteiger partial charge >= 0.3 is 24.1 Å². The summed E-state index contributed by atoms with van der Waals surface area (Å²) in [5.41, 5.74) is 3.89. The summed E-state index contributed by atoms with van der Waals surface area (Å²) in [6.07, 6.45) is 3.98. The van der Waals surface area contributed by atoms with Crippen molar-refractivity contribution in [3.05, 3.63) is 58.7 Å². The van der Waals surface area contributed by atoms with Crippen molar-refractivity contribution in [3.8, 4) is 5.75 Å². The zero-order chi connectivity index (χ0) is 37.1. The Labute approximate surface area is 303 Å². The number of carboxylic acid groups (broad SMARTS) is 2. The lowest BCUT2D eigenvalue weighted by atomic mass is 9.83. The number of urea groups is 1. The fraction of sp³-hybridized carbons (Fsp3) is 0.553. The molecule has 280 valence electrons. The number of rotatable bonds is 7. The monoisotopic (exact) mass is 720 g/mol. The van der Waals surface area contributed by atoms with E-state index in [0.717, 1.165) is 30.6 Å². The minimum Gasteiger partial charge on any atom is -0.507 e. The number of likely N-dealkylation sites (tertiary alicyclic amines) is 2. The molecule has 0 aliphatic carbocycles. The normalized spacial score (nSPS) is 24.7. The molecule has 14 heteroatoms. The number of anilines is 1. The van der Waals surface area contributed by atoms with Gasteiger partial charge in [0.1, 0.15) is 11.8 Å². The molecule has 2 aromatic carbocycles. The second kappa shape index (κ2) is 15.8. The molecule has 0 saturated carbocycles. The quantitative estimate of drug-likeness (QED) is 0.287. The van der Waals surface area contributed by atoms with Gasteiger partial charge in [-0.25, -0.2) is 19.2 Å². The second-order valence-electron chi connectivity index (χ2n) is 14.7. The Morgan fingerprint density at radius 1 is 0.942 bits per heavy atom. The summed E-state index contributed by atoms with van der Waals surface area (Å²) in [5.74, 6) is -2.05. The fourth-order valence-corrected chi connectivity index (χ4v) is 8.27. The molecule has 2 aromatic rings. The maximum Gasteiger partial charge on any atom is 0.410 e. The van der Waals surface area contributed by atoms with Gasteiger partial charge in [-0.15, -0.1) is 0 Å². The molecule has 0 aromatic heterocycles. The predicted octanol–water partition coefficient (Wildman–Crippen LogP) is 2.58. The predicted molar refractivity (Wildman–Crippen MR) is 189 cm³/mol. The van der Waals surface area contributed by atoms with Gasteiger partial charge in [0.05, 0.1) is 19.0 Å². The molecule has 4 saturated heterocycles. The van der Waals surface area contributed by atoms with Crippen LogP contribution in [0, 0.1) is 13.8 Å². The average molecular weight is 721 g/mol. The molecule has 4 unspecified atom stereocenters. The first-order chi connectivity index (χ1) is 24.9. The van der Waals surface area contributed by atoms with Gasteiger partial charge in [0.15, 0.2) is 12.1 Å².